The van der Waals surface area contributed by atoms with Crippen molar-refractivity contribution < 1.29 is 18.7 Å². The van der Waals surface area contributed by atoms with Crippen molar-refractivity contribution in [2.45, 2.75) is 13.0 Å². The molecule has 0 aliphatic carbocycles. The van der Waals surface area contributed by atoms with Crippen molar-refractivity contribution in [3.8, 4) is 5.75 Å². The van der Waals surface area contributed by atoms with Crippen LogP contribution >= 0.6 is 23.2 Å². The summed E-state index contributed by atoms with van der Waals surface area (Å²) in [5, 5.41) is 6.11. The van der Waals surface area contributed by atoms with Gasteiger partial charge in [0.15, 0.2) is 6.10 Å². The van der Waals surface area contributed by atoms with E-state index < -0.39 is 23.7 Å². The minimum Gasteiger partial charge on any atom is -0.479 e. The smallest absolute Gasteiger partial charge is 0.265 e. The number of hydrogen-bond donors (Lipinski definition) is 2. The average Bonchev–Trinajstić information content (AvgIpc) is 2.68. The van der Waals surface area contributed by atoms with Crippen LogP contribution in [0.25, 0.3) is 0 Å². The molecule has 0 aliphatic rings. The van der Waals surface area contributed by atoms with E-state index in [4.69, 9.17) is 27.9 Å². The van der Waals surface area contributed by atoms with E-state index in [0.29, 0.717) is 21.4 Å². The average molecular weight is 447 g/mol. The predicted octanol–water partition coefficient (Wildman–Crippen LogP) is 5.79. The van der Waals surface area contributed by atoms with Crippen LogP contribution < -0.4 is 15.4 Å². The van der Waals surface area contributed by atoms with Gasteiger partial charge in [-0.1, -0.05) is 41.4 Å². The number of benzene rings is 3. The number of para-hydroxylation sites is 2. The fourth-order valence-corrected chi connectivity index (χ4v) is 3.14. The number of nitrogens with one attached hydrogen (secondary N) is 2. The van der Waals surface area contributed by atoms with E-state index in [0.717, 1.165) is 6.07 Å². The number of hydrogen-bond acceptors (Lipinski definition) is 3. The Balaban J connectivity index is 1.70. The Bertz CT molecular complexity index is 1070. The highest BCUT2D eigenvalue weighted by molar-refractivity contribution is 6.35. The normalized spacial score (nSPS) is 11.5. The highest BCUT2D eigenvalue weighted by Crippen LogP contribution is 2.27. The Labute approximate surface area is 182 Å². The summed E-state index contributed by atoms with van der Waals surface area (Å²) in [6, 6.07) is 16.6. The Morgan fingerprint density at radius 1 is 0.933 bits per heavy atom. The highest BCUT2D eigenvalue weighted by Gasteiger charge is 2.18. The zero-order valence-corrected chi connectivity index (χ0v) is 17.3. The molecule has 2 N–H and O–H groups in total. The molecule has 2 amide bonds. The standard InChI is InChI=1S/C22H17Cl2FN2O3/c1-13(21(28)26-18-11-15(23)10-16(24)12-18)30-20-8-3-2-7-19(20)27-22(29)14-5-4-6-17(25)9-14/h2-13H,1H3,(H,26,28)(H,27,29). The zero-order chi connectivity index (χ0) is 21.7. The van der Waals surface area contributed by atoms with Crippen LogP contribution in [0, 0.1) is 5.82 Å². The summed E-state index contributed by atoms with van der Waals surface area (Å²) in [6.07, 6.45) is -0.894. The summed E-state index contributed by atoms with van der Waals surface area (Å²) >= 11 is 11.9. The second-order valence-corrected chi connectivity index (χ2v) is 7.24. The second kappa shape index (κ2) is 9.61. The molecule has 0 spiro atoms. The van der Waals surface area contributed by atoms with Crippen molar-refractivity contribution in [2.75, 3.05) is 10.6 Å². The quantitative estimate of drug-likeness (QED) is 0.503. The Morgan fingerprint density at radius 2 is 1.63 bits per heavy atom. The first-order chi connectivity index (χ1) is 14.3. The largest absolute Gasteiger partial charge is 0.479 e. The first kappa shape index (κ1) is 21.6. The number of anilines is 2. The minimum atomic E-state index is -0.894. The van der Waals surface area contributed by atoms with Gasteiger partial charge in [0, 0.05) is 21.3 Å². The van der Waals surface area contributed by atoms with Gasteiger partial charge in [0.05, 0.1) is 5.69 Å². The van der Waals surface area contributed by atoms with Crippen LogP contribution in [0.5, 0.6) is 5.75 Å². The molecule has 1 unspecified atom stereocenters. The predicted molar refractivity (Wildman–Crippen MR) is 116 cm³/mol. The van der Waals surface area contributed by atoms with Crippen LogP contribution in [0.4, 0.5) is 15.8 Å². The molecule has 3 aromatic carbocycles. The van der Waals surface area contributed by atoms with E-state index in [1.165, 1.54) is 18.2 Å². The third kappa shape index (κ3) is 5.72. The van der Waals surface area contributed by atoms with Crippen LogP contribution in [-0.4, -0.2) is 17.9 Å². The Morgan fingerprint density at radius 3 is 2.33 bits per heavy atom. The fraction of sp³-hybridized carbons (Fsp3) is 0.0909. The van der Waals surface area contributed by atoms with Gasteiger partial charge in [-0.2, -0.15) is 0 Å². The summed E-state index contributed by atoms with van der Waals surface area (Å²) in [5.41, 5.74) is 0.936. The van der Waals surface area contributed by atoms with Crippen LogP contribution in [0.3, 0.4) is 0 Å². The van der Waals surface area contributed by atoms with Gasteiger partial charge in [0.1, 0.15) is 11.6 Å². The maximum absolute atomic E-state index is 13.4. The van der Waals surface area contributed by atoms with Gasteiger partial charge in [-0.15, -0.1) is 0 Å². The summed E-state index contributed by atoms with van der Waals surface area (Å²) in [4.78, 5) is 24.9. The molecular formula is C22H17Cl2FN2O3. The maximum atomic E-state index is 13.4. The molecule has 154 valence electrons. The lowest BCUT2D eigenvalue weighted by molar-refractivity contribution is -0.122. The van der Waals surface area contributed by atoms with Gasteiger partial charge in [-0.25, -0.2) is 4.39 Å². The number of rotatable bonds is 6. The lowest BCUT2D eigenvalue weighted by Crippen LogP contribution is -2.30. The van der Waals surface area contributed by atoms with Crippen LogP contribution in [0.2, 0.25) is 10.0 Å². The van der Waals surface area contributed by atoms with Crippen molar-refractivity contribution in [1.29, 1.82) is 0 Å². The molecule has 0 heterocycles. The summed E-state index contributed by atoms with van der Waals surface area (Å²) in [7, 11) is 0. The molecule has 0 radical (unpaired) electrons. The lowest BCUT2D eigenvalue weighted by Gasteiger charge is -2.18. The summed E-state index contributed by atoms with van der Waals surface area (Å²) < 4.78 is 19.1. The molecule has 3 aromatic rings. The molecule has 0 saturated carbocycles. The molecule has 0 aliphatic heterocycles. The van der Waals surface area contributed by atoms with E-state index in [9.17, 15) is 14.0 Å². The lowest BCUT2D eigenvalue weighted by atomic mass is 10.2. The number of ether oxygens (including phenoxy) is 1. The first-order valence-corrected chi connectivity index (χ1v) is 9.67. The molecule has 1 atom stereocenters. The van der Waals surface area contributed by atoms with Gasteiger partial charge < -0.3 is 15.4 Å². The minimum absolute atomic E-state index is 0.161. The SMILES string of the molecule is CC(Oc1ccccc1NC(=O)c1cccc(F)c1)C(=O)Nc1cc(Cl)cc(Cl)c1. The van der Waals surface area contributed by atoms with E-state index in [-0.39, 0.29) is 11.3 Å². The van der Waals surface area contributed by atoms with Crippen molar-refractivity contribution in [2.24, 2.45) is 0 Å². The number of halogens is 3. The monoisotopic (exact) mass is 446 g/mol. The zero-order valence-electron chi connectivity index (χ0n) is 15.8. The molecule has 0 bridgehead atoms. The van der Waals surface area contributed by atoms with Crippen molar-refractivity contribution in [1.82, 2.24) is 0 Å². The Hall–Kier alpha value is -3.09. The molecule has 5 nitrogen and oxygen atoms in total. The van der Waals surface area contributed by atoms with E-state index >= 15 is 0 Å². The summed E-state index contributed by atoms with van der Waals surface area (Å²) in [5.74, 6) is -1.16. The molecule has 3 rings (SSSR count). The van der Waals surface area contributed by atoms with Crippen molar-refractivity contribution in [3.63, 3.8) is 0 Å². The molecule has 30 heavy (non-hydrogen) atoms. The van der Waals surface area contributed by atoms with Gasteiger partial charge in [-0.05, 0) is 55.5 Å². The van der Waals surface area contributed by atoms with Gasteiger partial charge >= 0.3 is 0 Å². The highest BCUT2D eigenvalue weighted by atomic mass is 35.5. The van der Waals surface area contributed by atoms with E-state index in [1.54, 1.807) is 49.4 Å². The van der Waals surface area contributed by atoms with Crippen LogP contribution in [0.15, 0.2) is 66.7 Å². The number of carbonyl (C=O) groups excluding carboxylic acids is 2. The summed E-state index contributed by atoms with van der Waals surface area (Å²) in [6.45, 7) is 1.56. The van der Waals surface area contributed by atoms with Gasteiger partial charge in [0.2, 0.25) is 0 Å². The maximum Gasteiger partial charge on any atom is 0.265 e. The molecule has 0 saturated heterocycles. The third-order valence-electron chi connectivity index (χ3n) is 4.03. The molecule has 0 fully saturated rings. The Kier molecular flexibility index (Phi) is 6.92. The molecular weight excluding hydrogens is 430 g/mol. The van der Waals surface area contributed by atoms with Crippen LogP contribution in [0.1, 0.15) is 17.3 Å². The van der Waals surface area contributed by atoms with E-state index in [2.05, 4.69) is 10.6 Å². The molecule has 0 aromatic heterocycles. The topological polar surface area (TPSA) is 67.4 Å². The fourth-order valence-electron chi connectivity index (χ4n) is 2.61. The van der Waals surface area contributed by atoms with Gasteiger partial charge in [-0.3, -0.25) is 9.59 Å². The van der Waals surface area contributed by atoms with Gasteiger partial charge in [0.25, 0.3) is 11.8 Å². The first-order valence-electron chi connectivity index (χ1n) is 8.91. The van der Waals surface area contributed by atoms with Crippen molar-refractivity contribution >= 4 is 46.4 Å². The number of amides is 2. The van der Waals surface area contributed by atoms with E-state index in [1.807, 2.05) is 0 Å². The number of carbonyl (C=O) groups is 2. The van der Waals surface area contributed by atoms with Crippen molar-refractivity contribution in [3.05, 3.63) is 88.2 Å². The van der Waals surface area contributed by atoms with Crippen LogP contribution in [-0.2, 0) is 4.79 Å². The third-order valence-corrected chi connectivity index (χ3v) is 4.46. The molecule has 8 heteroatoms. The second-order valence-electron chi connectivity index (χ2n) is 6.37.